The minimum Gasteiger partial charge on any atom is -0.468 e. The second-order valence-electron chi connectivity index (χ2n) is 4.62. The fourth-order valence-electron chi connectivity index (χ4n) is 2.27. The molecule has 102 valence electrons. The highest BCUT2D eigenvalue weighted by Crippen LogP contribution is 2.26. The van der Waals surface area contributed by atoms with Crippen LogP contribution in [0.15, 0.2) is 6.07 Å². The van der Waals surface area contributed by atoms with Gasteiger partial charge in [-0.25, -0.2) is 4.98 Å². The molecule has 0 radical (unpaired) electrons. The Morgan fingerprint density at radius 2 is 2.32 bits per heavy atom. The molecule has 1 heterocycles. The third-order valence-electron chi connectivity index (χ3n) is 3.25. The van der Waals surface area contributed by atoms with Gasteiger partial charge in [0.2, 0.25) is 0 Å². The maximum atomic E-state index is 11.4. The highest BCUT2D eigenvalue weighted by molar-refractivity contribution is 7.80. The first-order chi connectivity index (χ1) is 9.02. The Morgan fingerprint density at radius 3 is 2.95 bits per heavy atom. The van der Waals surface area contributed by atoms with E-state index >= 15 is 0 Å². The molecule has 0 aromatic carbocycles. The standard InChI is InChI=1S/C13H17N3O2S/c1-16(7-11(17)18-2)13-9(12(14)19)6-8-4-3-5-10(8)15-13/h6H,3-5,7H2,1-2H3,(H2,14,19). The molecule has 1 aliphatic rings. The molecule has 0 atom stereocenters. The molecule has 0 fully saturated rings. The van der Waals surface area contributed by atoms with Crippen LogP contribution in [0.25, 0.3) is 0 Å². The first-order valence-electron chi connectivity index (χ1n) is 6.13. The highest BCUT2D eigenvalue weighted by atomic mass is 32.1. The summed E-state index contributed by atoms with van der Waals surface area (Å²) >= 11 is 5.08. The maximum Gasteiger partial charge on any atom is 0.325 e. The lowest BCUT2D eigenvalue weighted by atomic mass is 10.1. The lowest BCUT2D eigenvalue weighted by Gasteiger charge is -2.20. The zero-order chi connectivity index (χ0) is 14.0. The molecule has 1 aromatic heterocycles. The van der Waals surface area contributed by atoms with Crippen molar-refractivity contribution in [3.63, 3.8) is 0 Å². The van der Waals surface area contributed by atoms with Gasteiger partial charge in [-0.2, -0.15) is 0 Å². The van der Waals surface area contributed by atoms with Crippen molar-refractivity contribution in [2.45, 2.75) is 19.3 Å². The van der Waals surface area contributed by atoms with Crippen LogP contribution in [0.1, 0.15) is 23.2 Å². The molecule has 0 unspecified atom stereocenters. The first-order valence-corrected chi connectivity index (χ1v) is 6.54. The van der Waals surface area contributed by atoms with Crippen LogP contribution in [-0.4, -0.2) is 36.6 Å². The van der Waals surface area contributed by atoms with Crippen molar-refractivity contribution in [3.8, 4) is 0 Å². The Morgan fingerprint density at radius 1 is 1.58 bits per heavy atom. The molecule has 0 bridgehead atoms. The summed E-state index contributed by atoms with van der Waals surface area (Å²) < 4.78 is 4.66. The van der Waals surface area contributed by atoms with Gasteiger partial charge < -0.3 is 15.4 Å². The van der Waals surface area contributed by atoms with Crippen LogP contribution in [-0.2, 0) is 22.4 Å². The van der Waals surface area contributed by atoms with E-state index in [1.54, 1.807) is 11.9 Å². The topological polar surface area (TPSA) is 68.5 Å². The number of nitrogens with two attached hydrogens (primary N) is 1. The van der Waals surface area contributed by atoms with Gasteiger partial charge in [-0.3, -0.25) is 4.79 Å². The number of aromatic nitrogens is 1. The molecule has 1 aliphatic carbocycles. The number of rotatable bonds is 4. The van der Waals surface area contributed by atoms with Crippen molar-refractivity contribution in [3.05, 3.63) is 22.9 Å². The van der Waals surface area contributed by atoms with E-state index < -0.39 is 0 Å². The number of pyridine rings is 1. The second kappa shape index (κ2) is 5.52. The van der Waals surface area contributed by atoms with Crippen LogP contribution in [0.4, 0.5) is 5.82 Å². The van der Waals surface area contributed by atoms with Crippen molar-refractivity contribution < 1.29 is 9.53 Å². The van der Waals surface area contributed by atoms with E-state index in [9.17, 15) is 4.79 Å². The predicted octanol–water partition coefficient (Wildman–Crippen LogP) is 0.814. The lowest BCUT2D eigenvalue weighted by molar-refractivity contribution is -0.138. The molecule has 2 rings (SSSR count). The van der Waals surface area contributed by atoms with Gasteiger partial charge in [-0.1, -0.05) is 12.2 Å². The molecular formula is C13H17N3O2S. The molecule has 0 aliphatic heterocycles. The normalized spacial score (nSPS) is 12.9. The van der Waals surface area contributed by atoms with Crippen LogP contribution in [0, 0.1) is 0 Å². The summed E-state index contributed by atoms with van der Waals surface area (Å²) in [7, 11) is 3.14. The van der Waals surface area contributed by atoms with Crippen molar-refractivity contribution >= 4 is 29.0 Å². The Balaban J connectivity index is 2.37. The molecule has 0 amide bonds. The quantitative estimate of drug-likeness (QED) is 0.650. The number of hydrogen-bond acceptors (Lipinski definition) is 5. The van der Waals surface area contributed by atoms with Crippen molar-refractivity contribution in [1.82, 2.24) is 4.98 Å². The van der Waals surface area contributed by atoms with Crippen LogP contribution in [0.3, 0.4) is 0 Å². The summed E-state index contributed by atoms with van der Waals surface area (Å²) in [6.07, 6.45) is 3.08. The number of esters is 1. The van der Waals surface area contributed by atoms with E-state index in [1.165, 1.54) is 12.7 Å². The number of fused-ring (bicyclic) bond motifs is 1. The SMILES string of the molecule is COC(=O)CN(C)c1nc2c(cc1C(N)=S)CCC2. The number of hydrogen-bond donors (Lipinski definition) is 1. The van der Waals surface area contributed by atoms with Gasteiger partial charge in [0.1, 0.15) is 17.4 Å². The first kappa shape index (κ1) is 13.7. The minimum atomic E-state index is -0.321. The van der Waals surface area contributed by atoms with Crippen LogP contribution in [0.2, 0.25) is 0 Å². The number of carbonyl (C=O) groups is 1. The molecule has 19 heavy (non-hydrogen) atoms. The van der Waals surface area contributed by atoms with Crippen molar-refractivity contribution in [2.24, 2.45) is 5.73 Å². The summed E-state index contributed by atoms with van der Waals surface area (Å²) in [5.74, 6) is 0.331. The zero-order valence-corrected chi connectivity index (χ0v) is 11.9. The van der Waals surface area contributed by atoms with Gasteiger partial charge >= 0.3 is 5.97 Å². The summed E-state index contributed by atoms with van der Waals surface area (Å²) in [6.45, 7) is 0.123. The van der Waals surface area contributed by atoms with Crippen molar-refractivity contribution in [2.75, 3.05) is 25.6 Å². The molecule has 0 saturated heterocycles. The second-order valence-corrected chi connectivity index (χ2v) is 5.06. The number of likely N-dealkylation sites (N-methyl/N-ethyl adjacent to an activating group) is 1. The minimum absolute atomic E-state index is 0.123. The number of nitrogens with zero attached hydrogens (tertiary/aromatic N) is 2. The van der Waals surface area contributed by atoms with Gasteiger partial charge in [0.25, 0.3) is 0 Å². The summed E-state index contributed by atoms with van der Waals surface area (Å²) in [6, 6.07) is 2.00. The van der Waals surface area contributed by atoms with E-state index in [0.717, 1.165) is 30.5 Å². The number of thiocarbonyl (C=S) groups is 1. The average molecular weight is 279 g/mol. The molecule has 0 saturated carbocycles. The number of aryl methyl sites for hydroxylation is 2. The Hall–Kier alpha value is -1.69. The maximum absolute atomic E-state index is 11.4. The van der Waals surface area contributed by atoms with Crippen molar-refractivity contribution in [1.29, 1.82) is 0 Å². The average Bonchev–Trinajstić information content (AvgIpc) is 2.83. The van der Waals surface area contributed by atoms with Crippen LogP contribution in [0.5, 0.6) is 0 Å². The monoisotopic (exact) mass is 279 g/mol. The fourth-order valence-corrected chi connectivity index (χ4v) is 2.42. The molecule has 0 spiro atoms. The van der Waals surface area contributed by atoms with Gasteiger partial charge in [-0.05, 0) is 30.9 Å². The number of anilines is 1. The molecular weight excluding hydrogens is 262 g/mol. The smallest absolute Gasteiger partial charge is 0.325 e. The van der Waals surface area contributed by atoms with E-state index in [1.807, 2.05) is 6.07 Å². The van der Waals surface area contributed by atoms with Gasteiger partial charge in [0.15, 0.2) is 0 Å². The van der Waals surface area contributed by atoms with Gasteiger partial charge in [0, 0.05) is 12.7 Å². The number of ether oxygens (including phenoxy) is 1. The molecule has 5 nitrogen and oxygen atoms in total. The van der Waals surface area contributed by atoms with Crippen LogP contribution < -0.4 is 10.6 Å². The largest absolute Gasteiger partial charge is 0.468 e. The van der Waals surface area contributed by atoms with Gasteiger partial charge in [0.05, 0.1) is 12.7 Å². The van der Waals surface area contributed by atoms with E-state index in [4.69, 9.17) is 18.0 Å². The molecule has 6 heteroatoms. The third-order valence-corrected chi connectivity index (χ3v) is 3.47. The Kier molecular flexibility index (Phi) is 3.99. The zero-order valence-electron chi connectivity index (χ0n) is 11.1. The van der Waals surface area contributed by atoms with E-state index in [2.05, 4.69) is 9.72 Å². The Bertz CT molecular complexity index is 531. The Labute approximate surface area is 117 Å². The van der Waals surface area contributed by atoms with Crippen LogP contribution >= 0.6 is 12.2 Å². The summed E-state index contributed by atoms with van der Waals surface area (Å²) in [4.78, 5) is 18.0. The lowest BCUT2D eigenvalue weighted by Crippen LogP contribution is -2.30. The highest BCUT2D eigenvalue weighted by Gasteiger charge is 2.20. The molecule has 2 N–H and O–H groups in total. The van der Waals surface area contributed by atoms with E-state index in [0.29, 0.717) is 10.8 Å². The summed E-state index contributed by atoms with van der Waals surface area (Å²) in [5, 5.41) is 0. The number of methoxy groups -OCH3 is 1. The fraction of sp³-hybridized carbons (Fsp3) is 0.462. The molecule has 1 aromatic rings. The van der Waals surface area contributed by atoms with E-state index in [-0.39, 0.29) is 12.5 Å². The number of carbonyl (C=O) groups excluding carboxylic acids is 1. The summed E-state index contributed by atoms with van der Waals surface area (Å²) in [5.41, 5.74) is 8.76. The predicted molar refractivity (Wildman–Crippen MR) is 77.4 cm³/mol. The van der Waals surface area contributed by atoms with Gasteiger partial charge in [-0.15, -0.1) is 0 Å². The third kappa shape index (κ3) is 2.84.